The van der Waals surface area contributed by atoms with Crippen molar-refractivity contribution < 1.29 is 9.84 Å². The van der Waals surface area contributed by atoms with Crippen LogP contribution in [0.2, 0.25) is 0 Å². The molecule has 1 N–H and O–H groups in total. The number of aliphatic hydroxyl groups excluding tert-OH is 1. The Morgan fingerprint density at radius 1 is 1.29 bits per heavy atom. The monoisotopic (exact) mass is 192 g/mol. The van der Waals surface area contributed by atoms with E-state index in [9.17, 15) is 5.11 Å². The molecule has 1 aromatic carbocycles. The van der Waals surface area contributed by atoms with E-state index in [4.69, 9.17) is 4.74 Å². The van der Waals surface area contributed by atoms with Gasteiger partial charge in [0.25, 0.3) is 0 Å². The topological polar surface area (TPSA) is 29.5 Å². The van der Waals surface area contributed by atoms with Gasteiger partial charge in [0.05, 0.1) is 12.2 Å². The Balaban J connectivity index is 1.91. The van der Waals surface area contributed by atoms with Gasteiger partial charge in [-0.15, -0.1) is 0 Å². The predicted molar refractivity (Wildman–Crippen MR) is 55.1 cm³/mol. The summed E-state index contributed by atoms with van der Waals surface area (Å²) in [5.74, 6) is 0. The van der Waals surface area contributed by atoms with Crippen LogP contribution in [-0.2, 0) is 11.2 Å². The van der Waals surface area contributed by atoms with E-state index in [0.29, 0.717) is 6.61 Å². The molecule has 2 atom stereocenters. The summed E-state index contributed by atoms with van der Waals surface area (Å²) in [6.45, 7) is 0.693. The van der Waals surface area contributed by atoms with Crippen molar-refractivity contribution in [3.63, 3.8) is 0 Å². The highest BCUT2D eigenvalue weighted by Crippen LogP contribution is 2.17. The number of hydrogen-bond acceptors (Lipinski definition) is 2. The van der Waals surface area contributed by atoms with Crippen molar-refractivity contribution in [2.75, 3.05) is 6.61 Å². The largest absolute Gasteiger partial charge is 0.393 e. The molecule has 2 rings (SSSR count). The summed E-state index contributed by atoms with van der Waals surface area (Å²) in [7, 11) is 0. The normalized spacial score (nSPS) is 27.5. The van der Waals surface area contributed by atoms with Gasteiger partial charge in [0.15, 0.2) is 0 Å². The van der Waals surface area contributed by atoms with Crippen LogP contribution in [-0.4, -0.2) is 23.9 Å². The average Bonchev–Trinajstić information content (AvgIpc) is 2.19. The van der Waals surface area contributed by atoms with E-state index in [1.54, 1.807) is 0 Å². The highest BCUT2D eigenvalue weighted by Gasteiger charge is 2.20. The third kappa shape index (κ3) is 2.56. The van der Waals surface area contributed by atoms with Crippen LogP contribution in [0.25, 0.3) is 0 Å². The van der Waals surface area contributed by atoms with Crippen molar-refractivity contribution in [1.82, 2.24) is 0 Å². The average molecular weight is 192 g/mol. The van der Waals surface area contributed by atoms with Crippen molar-refractivity contribution in [1.29, 1.82) is 0 Å². The lowest BCUT2D eigenvalue weighted by atomic mass is 10.00. The van der Waals surface area contributed by atoms with Gasteiger partial charge in [-0.3, -0.25) is 0 Å². The number of rotatable bonds is 2. The summed E-state index contributed by atoms with van der Waals surface area (Å²) in [5, 5.41) is 9.48. The molecular weight excluding hydrogens is 176 g/mol. The molecule has 14 heavy (non-hydrogen) atoms. The number of hydrogen-bond donors (Lipinski definition) is 1. The van der Waals surface area contributed by atoms with Crippen LogP contribution in [0.4, 0.5) is 0 Å². The van der Waals surface area contributed by atoms with E-state index in [1.807, 2.05) is 18.2 Å². The van der Waals surface area contributed by atoms with Crippen molar-refractivity contribution in [3.8, 4) is 0 Å². The Kier molecular flexibility index (Phi) is 3.17. The molecule has 76 valence electrons. The van der Waals surface area contributed by atoms with Crippen LogP contribution >= 0.6 is 0 Å². The zero-order valence-corrected chi connectivity index (χ0v) is 8.23. The second-order valence-electron chi connectivity index (χ2n) is 3.86. The molecule has 2 nitrogen and oxygen atoms in total. The zero-order valence-electron chi connectivity index (χ0n) is 8.23. The second-order valence-corrected chi connectivity index (χ2v) is 3.86. The smallest absolute Gasteiger partial charge is 0.0640 e. The molecule has 1 heterocycles. The molecule has 0 saturated carbocycles. The Labute approximate surface area is 84.5 Å². The van der Waals surface area contributed by atoms with Gasteiger partial charge in [0.1, 0.15) is 0 Å². The molecule has 0 aromatic heterocycles. The van der Waals surface area contributed by atoms with Gasteiger partial charge in [0.2, 0.25) is 0 Å². The minimum Gasteiger partial charge on any atom is -0.393 e. The van der Waals surface area contributed by atoms with Gasteiger partial charge in [-0.25, -0.2) is 0 Å². The molecular formula is C12H16O2. The first-order valence-corrected chi connectivity index (χ1v) is 5.18. The summed E-state index contributed by atoms with van der Waals surface area (Å²) in [6.07, 6.45) is 2.50. The van der Waals surface area contributed by atoms with E-state index < -0.39 is 0 Å². The second kappa shape index (κ2) is 4.58. The van der Waals surface area contributed by atoms with Gasteiger partial charge in [-0.05, 0) is 24.8 Å². The minimum absolute atomic E-state index is 0.169. The van der Waals surface area contributed by atoms with Crippen molar-refractivity contribution in [2.45, 2.75) is 31.5 Å². The Morgan fingerprint density at radius 2 is 2.07 bits per heavy atom. The summed E-state index contributed by atoms with van der Waals surface area (Å²) in [6, 6.07) is 10.3. The molecule has 0 amide bonds. The molecule has 0 unspecified atom stereocenters. The third-order valence-corrected chi connectivity index (χ3v) is 2.65. The lowest BCUT2D eigenvalue weighted by molar-refractivity contribution is -0.0423. The first-order valence-electron chi connectivity index (χ1n) is 5.18. The van der Waals surface area contributed by atoms with Crippen molar-refractivity contribution in [2.24, 2.45) is 0 Å². The van der Waals surface area contributed by atoms with Crippen LogP contribution in [0.3, 0.4) is 0 Å². The molecule has 1 aliphatic rings. The molecule has 0 bridgehead atoms. The van der Waals surface area contributed by atoms with Crippen LogP contribution in [0.15, 0.2) is 30.3 Å². The highest BCUT2D eigenvalue weighted by molar-refractivity contribution is 5.15. The van der Waals surface area contributed by atoms with Crippen LogP contribution in [0.1, 0.15) is 18.4 Å². The van der Waals surface area contributed by atoms with Crippen LogP contribution in [0, 0.1) is 0 Å². The minimum atomic E-state index is -0.169. The lowest BCUT2D eigenvalue weighted by Crippen LogP contribution is -2.30. The van der Waals surface area contributed by atoms with Gasteiger partial charge in [-0.1, -0.05) is 30.3 Å². The predicted octanol–water partition coefficient (Wildman–Crippen LogP) is 1.77. The number of ether oxygens (including phenoxy) is 1. The van der Waals surface area contributed by atoms with Gasteiger partial charge in [0, 0.05) is 6.61 Å². The fourth-order valence-corrected chi connectivity index (χ4v) is 1.88. The molecule has 0 radical (unpaired) electrons. The SMILES string of the molecule is O[C@@H]1CCO[C@H](Cc2ccccc2)C1. The Morgan fingerprint density at radius 3 is 2.79 bits per heavy atom. The quantitative estimate of drug-likeness (QED) is 0.773. The number of benzene rings is 1. The van der Waals surface area contributed by atoms with E-state index in [2.05, 4.69) is 12.1 Å². The van der Waals surface area contributed by atoms with Crippen molar-refractivity contribution in [3.05, 3.63) is 35.9 Å². The standard InChI is InChI=1S/C12H16O2/c13-11-6-7-14-12(9-11)8-10-4-2-1-3-5-10/h1-5,11-13H,6-9H2/t11-,12-/m1/s1. The molecule has 0 spiro atoms. The van der Waals surface area contributed by atoms with Gasteiger partial charge >= 0.3 is 0 Å². The molecule has 1 saturated heterocycles. The van der Waals surface area contributed by atoms with Gasteiger partial charge in [-0.2, -0.15) is 0 Å². The van der Waals surface area contributed by atoms with E-state index >= 15 is 0 Å². The summed E-state index contributed by atoms with van der Waals surface area (Å²) >= 11 is 0. The number of aliphatic hydroxyl groups is 1. The summed E-state index contributed by atoms with van der Waals surface area (Å²) in [5.41, 5.74) is 1.28. The maximum absolute atomic E-state index is 9.48. The summed E-state index contributed by atoms with van der Waals surface area (Å²) < 4.78 is 5.59. The molecule has 2 heteroatoms. The maximum atomic E-state index is 9.48. The highest BCUT2D eigenvalue weighted by atomic mass is 16.5. The maximum Gasteiger partial charge on any atom is 0.0640 e. The van der Waals surface area contributed by atoms with E-state index in [-0.39, 0.29) is 12.2 Å². The Hall–Kier alpha value is -0.860. The first kappa shape index (κ1) is 9.69. The third-order valence-electron chi connectivity index (χ3n) is 2.65. The van der Waals surface area contributed by atoms with Crippen molar-refractivity contribution >= 4 is 0 Å². The van der Waals surface area contributed by atoms with Crippen LogP contribution < -0.4 is 0 Å². The Bertz CT molecular complexity index is 271. The molecule has 0 aliphatic carbocycles. The summed E-state index contributed by atoms with van der Waals surface area (Å²) in [4.78, 5) is 0. The zero-order chi connectivity index (χ0) is 9.80. The van der Waals surface area contributed by atoms with E-state index in [0.717, 1.165) is 19.3 Å². The molecule has 1 fully saturated rings. The fourth-order valence-electron chi connectivity index (χ4n) is 1.88. The lowest BCUT2D eigenvalue weighted by Gasteiger charge is -2.26. The molecule has 1 aromatic rings. The van der Waals surface area contributed by atoms with Gasteiger partial charge < -0.3 is 9.84 Å². The van der Waals surface area contributed by atoms with Crippen LogP contribution in [0.5, 0.6) is 0 Å². The molecule has 1 aliphatic heterocycles. The first-order chi connectivity index (χ1) is 6.84. The fraction of sp³-hybridized carbons (Fsp3) is 0.500. The van der Waals surface area contributed by atoms with E-state index in [1.165, 1.54) is 5.56 Å².